The summed E-state index contributed by atoms with van der Waals surface area (Å²) in [5.41, 5.74) is 0.203. The Bertz CT molecular complexity index is 539. The number of nitrogens with zero attached hydrogens (tertiary/aromatic N) is 2. The van der Waals surface area contributed by atoms with Crippen LogP contribution in [0.1, 0.15) is 37.4 Å². The minimum atomic E-state index is -0.0587. The summed E-state index contributed by atoms with van der Waals surface area (Å²) in [6.07, 6.45) is 4.53. The third kappa shape index (κ3) is 1.81. The highest BCUT2D eigenvalue weighted by Crippen LogP contribution is 2.38. The summed E-state index contributed by atoms with van der Waals surface area (Å²) in [4.78, 5) is 4.29. The highest BCUT2D eigenvalue weighted by atomic mass is 16.5. The fourth-order valence-corrected chi connectivity index (χ4v) is 2.43. The number of hydrogen-bond donors (Lipinski definition) is 2. The molecule has 1 saturated carbocycles. The molecule has 18 heavy (non-hydrogen) atoms. The van der Waals surface area contributed by atoms with Crippen molar-refractivity contribution in [1.29, 1.82) is 0 Å². The third-order valence-corrected chi connectivity index (χ3v) is 3.40. The van der Waals surface area contributed by atoms with E-state index in [1.807, 2.05) is 0 Å². The van der Waals surface area contributed by atoms with Crippen LogP contribution in [-0.2, 0) is 0 Å². The van der Waals surface area contributed by atoms with Crippen molar-refractivity contribution in [2.45, 2.75) is 31.6 Å². The van der Waals surface area contributed by atoms with Crippen molar-refractivity contribution in [2.24, 2.45) is 0 Å². The Kier molecular flexibility index (Phi) is 2.66. The molecule has 0 bridgehead atoms. The van der Waals surface area contributed by atoms with Crippen molar-refractivity contribution in [3.63, 3.8) is 0 Å². The van der Waals surface area contributed by atoms with Crippen molar-refractivity contribution in [1.82, 2.24) is 10.1 Å². The first-order valence-electron chi connectivity index (χ1n) is 6.10. The van der Waals surface area contributed by atoms with Gasteiger partial charge in [-0.15, -0.1) is 0 Å². The van der Waals surface area contributed by atoms with Gasteiger partial charge in [-0.2, -0.15) is 4.98 Å². The fraction of sp³-hybridized carbons (Fsp3) is 0.385. The molecule has 94 valence electrons. The minimum Gasteiger partial charge on any atom is -0.507 e. The van der Waals surface area contributed by atoms with Gasteiger partial charge in [-0.1, -0.05) is 24.1 Å². The first kappa shape index (κ1) is 11.1. The minimum absolute atomic E-state index is 0.0587. The zero-order valence-electron chi connectivity index (χ0n) is 9.83. The van der Waals surface area contributed by atoms with E-state index in [0.717, 1.165) is 12.8 Å². The van der Waals surface area contributed by atoms with Crippen molar-refractivity contribution in [3.05, 3.63) is 24.0 Å². The normalized spacial score (nSPS) is 16.2. The van der Waals surface area contributed by atoms with Gasteiger partial charge in [-0.3, -0.25) is 0 Å². The monoisotopic (exact) mass is 246 g/mol. The van der Waals surface area contributed by atoms with Gasteiger partial charge in [0.1, 0.15) is 17.1 Å². The maximum atomic E-state index is 9.73. The van der Waals surface area contributed by atoms with E-state index in [4.69, 9.17) is 4.52 Å². The molecule has 3 rings (SSSR count). The second kappa shape index (κ2) is 4.33. The van der Waals surface area contributed by atoms with Gasteiger partial charge in [-0.05, 0) is 25.0 Å². The molecule has 1 fully saturated rings. The molecule has 1 aromatic carbocycles. The smallest absolute Gasteiger partial charge is 0.265 e. The Labute approximate surface area is 104 Å². The summed E-state index contributed by atoms with van der Waals surface area (Å²) in [5, 5.41) is 23.4. The van der Waals surface area contributed by atoms with Crippen LogP contribution in [0.3, 0.4) is 0 Å². The molecular formula is C13H14N2O3. The highest BCUT2D eigenvalue weighted by Gasteiger charge is 2.24. The van der Waals surface area contributed by atoms with Crippen LogP contribution in [0.15, 0.2) is 22.7 Å². The van der Waals surface area contributed by atoms with Crippen LogP contribution >= 0.6 is 0 Å². The fourth-order valence-electron chi connectivity index (χ4n) is 2.43. The summed E-state index contributed by atoms with van der Waals surface area (Å²) < 4.78 is 5.14. The largest absolute Gasteiger partial charge is 0.507 e. The average Bonchev–Trinajstić information content (AvgIpc) is 2.99. The van der Waals surface area contributed by atoms with E-state index in [1.165, 1.54) is 25.0 Å². The molecule has 0 amide bonds. The van der Waals surface area contributed by atoms with Crippen molar-refractivity contribution >= 4 is 0 Å². The van der Waals surface area contributed by atoms with Crippen molar-refractivity contribution < 1.29 is 14.7 Å². The molecule has 5 nitrogen and oxygen atoms in total. The second-order valence-electron chi connectivity index (χ2n) is 4.61. The maximum Gasteiger partial charge on any atom is 0.265 e. The Morgan fingerprint density at radius 1 is 1.11 bits per heavy atom. The molecular weight excluding hydrogens is 232 g/mol. The molecule has 1 aromatic heterocycles. The number of rotatable bonds is 2. The van der Waals surface area contributed by atoms with Crippen molar-refractivity contribution in [3.8, 4) is 23.0 Å². The standard InChI is InChI=1S/C13H14N2O3/c16-9-6-3-7-10(17)11(9)13-14-12(15-18-13)8-4-1-2-5-8/h3,6-8,16-17H,1-2,4-5H2. The lowest BCUT2D eigenvalue weighted by molar-refractivity contribution is 0.405. The lowest BCUT2D eigenvalue weighted by Crippen LogP contribution is -1.94. The van der Waals surface area contributed by atoms with E-state index in [2.05, 4.69) is 10.1 Å². The Morgan fingerprint density at radius 3 is 2.44 bits per heavy atom. The highest BCUT2D eigenvalue weighted by molar-refractivity contribution is 5.69. The molecule has 0 aliphatic heterocycles. The van der Waals surface area contributed by atoms with E-state index in [-0.39, 0.29) is 23.0 Å². The predicted octanol–water partition coefficient (Wildman–Crippen LogP) is 2.81. The van der Waals surface area contributed by atoms with Gasteiger partial charge in [-0.25, -0.2) is 0 Å². The molecule has 1 aliphatic rings. The van der Waals surface area contributed by atoms with E-state index in [0.29, 0.717) is 11.7 Å². The number of aromatic nitrogens is 2. The van der Waals surface area contributed by atoms with Gasteiger partial charge in [0.15, 0.2) is 5.82 Å². The number of phenolic OH excluding ortho intramolecular Hbond substituents is 2. The van der Waals surface area contributed by atoms with Gasteiger partial charge in [0.25, 0.3) is 5.89 Å². The van der Waals surface area contributed by atoms with Gasteiger partial charge in [0.05, 0.1) is 0 Å². The van der Waals surface area contributed by atoms with Crippen LogP contribution in [0.2, 0.25) is 0 Å². The van der Waals surface area contributed by atoms with Gasteiger partial charge < -0.3 is 14.7 Å². The summed E-state index contributed by atoms with van der Waals surface area (Å²) in [7, 11) is 0. The van der Waals surface area contributed by atoms with Gasteiger partial charge in [0.2, 0.25) is 0 Å². The van der Waals surface area contributed by atoms with E-state index >= 15 is 0 Å². The average molecular weight is 246 g/mol. The summed E-state index contributed by atoms with van der Waals surface area (Å²) in [6, 6.07) is 4.52. The maximum absolute atomic E-state index is 9.73. The van der Waals surface area contributed by atoms with E-state index in [9.17, 15) is 10.2 Å². The van der Waals surface area contributed by atoms with Crippen LogP contribution in [0, 0.1) is 0 Å². The summed E-state index contributed by atoms with van der Waals surface area (Å²) in [6.45, 7) is 0. The number of hydrogen-bond acceptors (Lipinski definition) is 5. The molecule has 2 aromatic rings. The molecule has 0 unspecified atom stereocenters. The van der Waals surface area contributed by atoms with Crippen LogP contribution in [0.4, 0.5) is 0 Å². The Balaban J connectivity index is 1.97. The molecule has 5 heteroatoms. The SMILES string of the molecule is Oc1cccc(O)c1-c1nc(C2CCCC2)no1. The summed E-state index contributed by atoms with van der Waals surface area (Å²) in [5.74, 6) is 1.07. The zero-order valence-corrected chi connectivity index (χ0v) is 9.83. The molecule has 0 atom stereocenters. The van der Waals surface area contributed by atoms with E-state index in [1.54, 1.807) is 6.07 Å². The Morgan fingerprint density at radius 2 is 1.78 bits per heavy atom. The van der Waals surface area contributed by atoms with Crippen molar-refractivity contribution in [2.75, 3.05) is 0 Å². The molecule has 1 aliphatic carbocycles. The van der Waals surface area contributed by atoms with Crippen LogP contribution in [0.5, 0.6) is 11.5 Å². The van der Waals surface area contributed by atoms with Crippen LogP contribution in [-0.4, -0.2) is 20.4 Å². The second-order valence-corrected chi connectivity index (χ2v) is 4.61. The van der Waals surface area contributed by atoms with Gasteiger partial charge >= 0.3 is 0 Å². The molecule has 0 radical (unpaired) electrons. The quantitative estimate of drug-likeness (QED) is 0.851. The zero-order chi connectivity index (χ0) is 12.5. The number of aromatic hydroxyl groups is 2. The Hall–Kier alpha value is -2.04. The van der Waals surface area contributed by atoms with Gasteiger partial charge in [0, 0.05) is 5.92 Å². The summed E-state index contributed by atoms with van der Waals surface area (Å²) >= 11 is 0. The third-order valence-electron chi connectivity index (χ3n) is 3.40. The lowest BCUT2D eigenvalue weighted by atomic mass is 10.1. The number of phenols is 2. The first-order chi connectivity index (χ1) is 8.75. The lowest BCUT2D eigenvalue weighted by Gasteiger charge is -2.02. The molecule has 0 spiro atoms. The first-order valence-corrected chi connectivity index (χ1v) is 6.10. The number of benzene rings is 1. The van der Waals surface area contributed by atoms with Crippen LogP contribution in [0.25, 0.3) is 11.5 Å². The molecule has 0 saturated heterocycles. The molecule has 1 heterocycles. The van der Waals surface area contributed by atoms with E-state index < -0.39 is 0 Å². The predicted molar refractivity (Wildman–Crippen MR) is 64.3 cm³/mol. The molecule has 2 N–H and O–H groups in total. The topological polar surface area (TPSA) is 79.4 Å². The van der Waals surface area contributed by atoms with Crippen LogP contribution < -0.4 is 0 Å².